The summed E-state index contributed by atoms with van der Waals surface area (Å²) in [5, 5.41) is 3.22. The Morgan fingerprint density at radius 2 is 2.00 bits per heavy atom. The fourth-order valence-corrected chi connectivity index (χ4v) is 1.72. The van der Waals surface area contributed by atoms with Crippen molar-refractivity contribution in [2.75, 3.05) is 17.6 Å². The maximum absolute atomic E-state index is 13.2. The third kappa shape index (κ3) is 3.27. The fourth-order valence-electron chi connectivity index (χ4n) is 1.55. The Hall–Kier alpha value is -0.960. The second-order valence-electron chi connectivity index (χ2n) is 3.92. The predicted molar refractivity (Wildman–Crippen MR) is 68.4 cm³/mol. The zero-order chi connectivity index (χ0) is 12.1. The average Bonchev–Trinajstić information content (AvgIpc) is 2.26. The molecular weight excluding hydrogens is 227 g/mol. The molecule has 1 aromatic rings. The molecule has 16 heavy (non-hydrogen) atoms. The van der Waals surface area contributed by atoms with Crippen molar-refractivity contribution in [2.45, 2.75) is 26.7 Å². The Balaban J connectivity index is 2.70. The molecule has 4 heteroatoms. The van der Waals surface area contributed by atoms with Gasteiger partial charge in [0.2, 0.25) is 0 Å². The van der Waals surface area contributed by atoms with Crippen LogP contribution in [0, 0.1) is 11.7 Å². The molecule has 0 amide bonds. The molecule has 90 valence electrons. The Morgan fingerprint density at radius 1 is 1.38 bits per heavy atom. The molecule has 0 saturated heterocycles. The molecule has 0 spiro atoms. The first-order chi connectivity index (χ1) is 7.58. The minimum absolute atomic E-state index is 0.0607. The van der Waals surface area contributed by atoms with Gasteiger partial charge in [0.25, 0.3) is 0 Å². The highest BCUT2D eigenvalue weighted by atomic mass is 35.5. The molecule has 0 aliphatic rings. The summed E-state index contributed by atoms with van der Waals surface area (Å²) in [7, 11) is 0. The molecule has 0 bridgehead atoms. The van der Waals surface area contributed by atoms with E-state index in [2.05, 4.69) is 19.2 Å². The van der Waals surface area contributed by atoms with Crippen LogP contribution in [0.1, 0.15) is 26.7 Å². The van der Waals surface area contributed by atoms with Crippen molar-refractivity contribution in [3.63, 3.8) is 0 Å². The van der Waals surface area contributed by atoms with Crippen molar-refractivity contribution in [2.24, 2.45) is 5.92 Å². The summed E-state index contributed by atoms with van der Waals surface area (Å²) in [4.78, 5) is 0. The van der Waals surface area contributed by atoms with E-state index in [4.69, 9.17) is 17.3 Å². The molecular formula is C12H18ClFN2. The van der Waals surface area contributed by atoms with Crippen molar-refractivity contribution in [3.8, 4) is 0 Å². The third-order valence-electron chi connectivity index (χ3n) is 2.83. The lowest BCUT2D eigenvalue weighted by Crippen LogP contribution is -2.13. The summed E-state index contributed by atoms with van der Waals surface area (Å²) in [5.74, 6) is 0.140. The average molecular weight is 245 g/mol. The SMILES string of the molecule is CCC(CC)CNc1cc(F)c(Cl)cc1N. The Kier molecular flexibility index (Phi) is 4.87. The quantitative estimate of drug-likeness (QED) is 0.771. The first kappa shape index (κ1) is 13.1. The molecule has 0 atom stereocenters. The van der Waals surface area contributed by atoms with E-state index < -0.39 is 5.82 Å². The minimum atomic E-state index is -0.442. The van der Waals surface area contributed by atoms with E-state index >= 15 is 0 Å². The van der Waals surface area contributed by atoms with Crippen LogP contribution in [0.2, 0.25) is 5.02 Å². The van der Waals surface area contributed by atoms with Gasteiger partial charge in [-0.15, -0.1) is 0 Å². The molecule has 0 aliphatic heterocycles. The summed E-state index contributed by atoms with van der Waals surface area (Å²) in [6.07, 6.45) is 2.19. The molecule has 0 aliphatic carbocycles. The van der Waals surface area contributed by atoms with Gasteiger partial charge >= 0.3 is 0 Å². The van der Waals surface area contributed by atoms with Crippen molar-refractivity contribution >= 4 is 23.0 Å². The van der Waals surface area contributed by atoms with Gasteiger partial charge in [-0.1, -0.05) is 38.3 Å². The molecule has 0 saturated carbocycles. The highest BCUT2D eigenvalue weighted by Crippen LogP contribution is 2.26. The Bertz CT molecular complexity index is 351. The molecule has 1 rings (SSSR count). The summed E-state index contributed by atoms with van der Waals surface area (Å²) in [6.45, 7) is 5.08. The van der Waals surface area contributed by atoms with Crippen molar-refractivity contribution in [1.82, 2.24) is 0 Å². The first-order valence-corrected chi connectivity index (χ1v) is 5.94. The molecule has 2 nitrogen and oxygen atoms in total. The zero-order valence-corrected chi connectivity index (χ0v) is 10.4. The lowest BCUT2D eigenvalue weighted by Gasteiger charge is -2.15. The van der Waals surface area contributed by atoms with Crippen LogP contribution in [0.5, 0.6) is 0 Å². The number of nitrogens with one attached hydrogen (secondary N) is 1. The highest BCUT2D eigenvalue weighted by molar-refractivity contribution is 6.31. The van der Waals surface area contributed by atoms with Gasteiger partial charge in [0.15, 0.2) is 0 Å². The summed E-state index contributed by atoms with van der Waals surface area (Å²) in [6, 6.07) is 2.78. The van der Waals surface area contributed by atoms with Gasteiger partial charge in [0.1, 0.15) is 5.82 Å². The van der Waals surface area contributed by atoms with Gasteiger partial charge < -0.3 is 11.1 Å². The summed E-state index contributed by atoms with van der Waals surface area (Å²) >= 11 is 5.62. The molecule has 3 N–H and O–H groups in total. The van der Waals surface area contributed by atoms with Gasteiger partial charge in [-0.25, -0.2) is 4.39 Å². The van der Waals surface area contributed by atoms with E-state index in [0.717, 1.165) is 19.4 Å². The van der Waals surface area contributed by atoms with Crippen LogP contribution >= 0.6 is 11.6 Å². The van der Waals surface area contributed by atoms with Crippen LogP contribution in [0.15, 0.2) is 12.1 Å². The minimum Gasteiger partial charge on any atom is -0.397 e. The Labute approximate surface area is 101 Å². The number of hydrogen-bond donors (Lipinski definition) is 2. The number of halogens is 2. The molecule has 0 heterocycles. The maximum atomic E-state index is 13.2. The largest absolute Gasteiger partial charge is 0.397 e. The van der Waals surface area contributed by atoms with Gasteiger partial charge in [0, 0.05) is 12.6 Å². The summed E-state index contributed by atoms with van der Waals surface area (Å²) in [5.41, 5.74) is 6.85. The Morgan fingerprint density at radius 3 is 2.56 bits per heavy atom. The number of nitrogens with two attached hydrogens (primary N) is 1. The topological polar surface area (TPSA) is 38.0 Å². The number of anilines is 2. The standard InChI is InChI=1S/C12H18ClFN2/c1-3-8(4-2)7-16-12-6-10(14)9(13)5-11(12)15/h5-6,8,16H,3-4,7,15H2,1-2H3. The zero-order valence-electron chi connectivity index (χ0n) is 9.69. The van der Waals surface area contributed by atoms with Crippen LogP contribution in [-0.2, 0) is 0 Å². The summed E-state index contributed by atoms with van der Waals surface area (Å²) < 4.78 is 13.2. The van der Waals surface area contributed by atoms with Crippen LogP contribution in [0.3, 0.4) is 0 Å². The highest BCUT2D eigenvalue weighted by Gasteiger charge is 2.08. The van der Waals surface area contributed by atoms with Crippen LogP contribution in [-0.4, -0.2) is 6.54 Å². The number of rotatable bonds is 5. The molecule has 0 radical (unpaired) electrons. The monoisotopic (exact) mass is 244 g/mol. The molecule has 0 aromatic heterocycles. The second kappa shape index (κ2) is 5.94. The van der Waals surface area contributed by atoms with E-state index in [1.54, 1.807) is 0 Å². The smallest absolute Gasteiger partial charge is 0.143 e. The molecule has 0 unspecified atom stereocenters. The molecule has 1 aromatic carbocycles. The van der Waals surface area contributed by atoms with Gasteiger partial charge in [-0.3, -0.25) is 0 Å². The van der Waals surface area contributed by atoms with Crippen molar-refractivity contribution < 1.29 is 4.39 Å². The normalized spacial score (nSPS) is 10.8. The van der Waals surface area contributed by atoms with E-state index in [1.165, 1.54) is 12.1 Å². The van der Waals surface area contributed by atoms with Gasteiger partial charge in [0.05, 0.1) is 16.4 Å². The first-order valence-electron chi connectivity index (χ1n) is 5.56. The van der Waals surface area contributed by atoms with E-state index in [-0.39, 0.29) is 5.02 Å². The van der Waals surface area contributed by atoms with Crippen molar-refractivity contribution in [1.29, 1.82) is 0 Å². The third-order valence-corrected chi connectivity index (χ3v) is 3.12. The second-order valence-corrected chi connectivity index (χ2v) is 4.32. The van der Waals surface area contributed by atoms with Crippen molar-refractivity contribution in [3.05, 3.63) is 23.0 Å². The fraction of sp³-hybridized carbons (Fsp3) is 0.500. The maximum Gasteiger partial charge on any atom is 0.143 e. The van der Waals surface area contributed by atoms with E-state index in [0.29, 0.717) is 17.3 Å². The van der Waals surface area contributed by atoms with Gasteiger partial charge in [-0.05, 0) is 12.0 Å². The van der Waals surface area contributed by atoms with E-state index in [9.17, 15) is 4.39 Å². The predicted octanol–water partition coefficient (Wildman–Crippen LogP) is 3.91. The van der Waals surface area contributed by atoms with Gasteiger partial charge in [-0.2, -0.15) is 0 Å². The van der Waals surface area contributed by atoms with E-state index in [1.807, 2.05) is 0 Å². The van der Waals surface area contributed by atoms with Crippen LogP contribution in [0.25, 0.3) is 0 Å². The van der Waals surface area contributed by atoms with Crippen LogP contribution < -0.4 is 11.1 Å². The van der Waals surface area contributed by atoms with Crippen LogP contribution in [0.4, 0.5) is 15.8 Å². The number of hydrogen-bond acceptors (Lipinski definition) is 2. The lowest BCUT2D eigenvalue weighted by molar-refractivity contribution is 0.519. The molecule has 0 fully saturated rings. The lowest BCUT2D eigenvalue weighted by atomic mass is 10.0. The number of benzene rings is 1. The number of nitrogen functional groups attached to an aromatic ring is 1.